The number of aryl methyl sites for hydroxylation is 1. The summed E-state index contributed by atoms with van der Waals surface area (Å²) in [5.74, 6) is 0.424. The second-order valence-electron chi connectivity index (χ2n) is 14.7. The number of allylic oxidation sites excluding steroid dienone is 1. The van der Waals surface area contributed by atoms with Crippen LogP contribution in [0.15, 0.2) is 52.9 Å². The average molecular weight is 754 g/mol. The first-order valence-corrected chi connectivity index (χ1v) is 20.7. The second-order valence-corrected chi connectivity index (χ2v) is 17.1. The number of carbonyl (C=O) groups is 3. The summed E-state index contributed by atoms with van der Waals surface area (Å²) in [7, 11) is -1.79. The number of ether oxygens (including phenoxy) is 2. The van der Waals surface area contributed by atoms with Crippen molar-refractivity contribution in [1.29, 1.82) is 0 Å². The summed E-state index contributed by atoms with van der Waals surface area (Å²) in [6.45, 7) is 6.65. The van der Waals surface area contributed by atoms with E-state index in [-0.39, 0.29) is 29.2 Å². The number of urea groups is 1. The van der Waals surface area contributed by atoms with Crippen LogP contribution in [0.3, 0.4) is 0 Å². The molecule has 1 unspecified atom stereocenters. The standard InChI is InChI=1S/C39H52ClN5O6S/c1-27-8-6-12-36(50-3)34-11-7-10-32(34)25-45-24-31-13-15-33(40)22-29(31)9-4-5-21-51-37-16-14-30(23-35(37)45)38(47)41-52(49,26-27)42-39(48)44-19-17-43(18-20-44)28(2)46/h6,12-16,22-23,27,32,34,36H,4-5,7-11,17-21,24-26H2,1-3H3,(H,41,42,47,48,49)/b12-6+/t27-,32-,34+,36-,52?/m0/s1. The van der Waals surface area contributed by atoms with E-state index in [0.29, 0.717) is 68.4 Å². The summed E-state index contributed by atoms with van der Waals surface area (Å²) in [5, 5.41) is 0.710. The van der Waals surface area contributed by atoms with Crippen LogP contribution in [0, 0.1) is 17.8 Å². The molecule has 3 aliphatic heterocycles. The second kappa shape index (κ2) is 17.0. The molecule has 11 nitrogen and oxygen atoms in total. The van der Waals surface area contributed by atoms with Crippen LogP contribution in [-0.2, 0) is 32.4 Å². The molecule has 3 heterocycles. The highest BCUT2D eigenvalue weighted by Gasteiger charge is 2.35. The van der Waals surface area contributed by atoms with Crippen molar-refractivity contribution in [2.75, 3.05) is 57.1 Å². The fraction of sp³-hybridized carbons (Fsp3) is 0.564. The molecule has 4 aliphatic rings. The molecular formula is C39H52ClN5O6S. The summed E-state index contributed by atoms with van der Waals surface area (Å²) < 4.78 is 34.1. The van der Waals surface area contributed by atoms with E-state index in [1.165, 1.54) is 23.0 Å². The number of piperazine rings is 1. The fourth-order valence-corrected chi connectivity index (χ4v) is 10.2. The first kappa shape index (κ1) is 38.1. The smallest absolute Gasteiger partial charge is 0.329 e. The zero-order valence-corrected chi connectivity index (χ0v) is 32.1. The van der Waals surface area contributed by atoms with Crippen molar-refractivity contribution < 1.29 is 28.1 Å². The number of hydrogen-bond donors (Lipinski definition) is 1. The van der Waals surface area contributed by atoms with Gasteiger partial charge in [0.2, 0.25) is 5.91 Å². The van der Waals surface area contributed by atoms with Gasteiger partial charge in [-0.2, -0.15) is 0 Å². The third-order valence-corrected chi connectivity index (χ3v) is 13.1. The molecule has 4 amide bonds. The minimum absolute atomic E-state index is 0.00848. The van der Waals surface area contributed by atoms with Crippen LogP contribution in [0.1, 0.15) is 73.9 Å². The zero-order chi connectivity index (χ0) is 36.8. The Kier molecular flexibility index (Phi) is 12.5. The van der Waals surface area contributed by atoms with E-state index >= 15 is 0 Å². The number of hydrogen-bond acceptors (Lipinski definition) is 7. The molecule has 6 rings (SSSR count). The van der Waals surface area contributed by atoms with Crippen LogP contribution >= 0.6 is 11.6 Å². The molecule has 282 valence electrons. The topological polar surface area (TPSA) is 121 Å². The summed E-state index contributed by atoms with van der Waals surface area (Å²) in [4.78, 5) is 44.9. The Labute approximate surface area is 313 Å². The van der Waals surface area contributed by atoms with Crippen molar-refractivity contribution >= 4 is 45.0 Å². The van der Waals surface area contributed by atoms with E-state index in [0.717, 1.165) is 50.8 Å². The van der Waals surface area contributed by atoms with E-state index in [4.69, 9.17) is 21.1 Å². The van der Waals surface area contributed by atoms with Gasteiger partial charge in [-0.1, -0.05) is 43.2 Å². The van der Waals surface area contributed by atoms with E-state index in [2.05, 4.69) is 38.3 Å². The van der Waals surface area contributed by atoms with Crippen LogP contribution in [0.2, 0.25) is 5.02 Å². The van der Waals surface area contributed by atoms with Crippen LogP contribution in [0.5, 0.6) is 5.75 Å². The number of halogens is 1. The first-order valence-electron chi connectivity index (χ1n) is 18.6. The van der Waals surface area contributed by atoms with Gasteiger partial charge in [0.25, 0.3) is 5.91 Å². The molecule has 1 saturated heterocycles. The Bertz CT molecular complexity index is 1790. The highest BCUT2D eigenvalue weighted by atomic mass is 35.5. The minimum atomic E-state index is -3.55. The summed E-state index contributed by atoms with van der Waals surface area (Å²) in [5.41, 5.74) is 3.43. The number of anilines is 1. The summed E-state index contributed by atoms with van der Waals surface area (Å²) >= 11 is 6.48. The molecular weight excluding hydrogens is 702 g/mol. The van der Waals surface area contributed by atoms with Crippen LogP contribution in [0.4, 0.5) is 10.5 Å². The van der Waals surface area contributed by atoms with Crippen molar-refractivity contribution in [3.05, 3.63) is 70.3 Å². The van der Waals surface area contributed by atoms with E-state index < -0.39 is 21.9 Å². The molecule has 2 aromatic carbocycles. The maximum Gasteiger partial charge on any atom is 0.329 e. The zero-order valence-electron chi connectivity index (χ0n) is 30.6. The number of rotatable bonds is 2. The fourth-order valence-electron chi connectivity index (χ4n) is 8.07. The Morgan fingerprint density at radius 3 is 2.58 bits per heavy atom. The molecule has 0 spiro atoms. The van der Waals surface area contributed by atoms with E-state index in [1.807, 2.05) is 25.1 Å². The van der Waals surface area contributed by atoms with Crippen molar-refractivity contribution in [2.45, 2.75) is 71.4 Å². The predicted octanol–water partition coefficient (Wildman–Crippen LogP) is 6.49. The first-order chi connectivity index (χ1) is 25.0. The number of nitrogens with one attached hydrogen (secondary N) is 1. The SMILES string of the molecule is CO[C@H]1/C=C/C[C@H](C)CS(=O)(NC(=O)N2CCN(C(C)=O)CC2)=NC(=O)c2ccc3c(c2)N(Cc2ccc(Cl)cc2CCCCO3)C[C@@H]2CCC[C@H]21. The Morgan fingerprint density at radius 2 is 1.81 bits per heavy atom. The van der Waals surface area contributed by atoms with Crippen LogP contribution in [-0.4, -0.2) is 90.2 Å². The quantitative estimate of drug-likeness (QED) is 0.349. The van der Waals surface area contributed by atoms with Crippen molar-refractivity contribution in [2.24, 2.45) is 22.1 Å². The maximum absolute atomic E-state index is 14.6. The Hall–Kier alpha value is -3.61. The molecule has 2 fully saturated rings. The number of fused-ring (bicyclic) bond motifs is 3. The summed E-state index contributed by atoms with van der Waals surface area (Å²) in [6, 6.07) is 10.8. The lowest BCUT2D eigenvalue weighted by Crippen LogP contribution is -2.54. The van der Waals surface area contributed by atoms with Crippen molar-refractivity contribution in [3.8, 4) is 5.75 Å². The molecule has 13 heteroatoms. The Balaban J connectivity index is 1.41. The van der Waals surface area contributed by atoms with Crippen molar-refractivity contribution in [3.63, 3.8) is 0 Å². The third kappa shape index (κ3) is 9.30. The van der Waals surface area contributed by atoms with Gasteiger partial charge in [-0.05, 0) is 97.7 Å². The Morgan fingerprint density at radius 1 is 1.02 bits per heavy atom. The highest BCUT2D eigenvalue weighted by Crippen LogP contribution is 2.40. The molecule has 0 radical (unpaired) electrons. The highest BCUT2D eigenvalue weighted by molar-refractivity contribution is 7.92. The van der Waals surface area contributed by atoms with Crippen LogP contribution in [0.25, 0.3) is 0 Å². The number of carbonyl (C=O) groups excluding carboxylic acids is 3. The lowest BCUT2D eigenvalue weighted by molar-refractivity contribution is -0.130. The molecule has 52 heavy (non-hydrogen) atoms. The largest absolute Gasteiger partial charge is 0.491 e. The van der Waals surface area contributed by atoms with Gasteiger partial charge in [-0.3, -0.25) is 14.3 Å². The molecule has 1 saturated carbocycles. The number of methoxy groups -OCH3 is 1. The van der Waals surface area contributed by atoms with E-state index in [1.54, 1.807) is 18.1 Å². The number of nitrogens with zero attached hydrogens (tertiary/aromatic N) is 4. The third-order valence-electron chi connectivity index (χ3n) is 10.9. The molecule has 1 N–H and O–H groups in total. The van der Waals surface area contributed by atoms with Gasteiger partial charge in [0.05, 0.1) is 24.2 Å². The predicted molar refractivity (Wildman–Crippen MR) is 204 cm³/mol. The van der Waals surface area contributed by atoms with Crippen LogP contribution < -0.4 is 14.4 Å². The van der Waals surface area contributed by atoms with Gasteiger partial charge in [0.15, 0.2) is 0 Å². The molecule has 2 bridgehead atoms. The molecule has 1 aliphatic carbocycles. The summed E-state index contributed by atoms with van der Waals surface area (Å²) in [6.07, 6.45) is 10.6. The van der Waals surface area contributed by atoms with Crippen molar-refractivity contribution in [1.82, 2.24) is 14.5 Å². The molecule has 2 aromatic rings. The lowest BCUT2D eigenvalue weighted by atomic mass is 9.89. The van der Waals surface area contributed by atoms with Gasteiger partial charge in [0.1, 0.15) is 15.7 Å². The lowest BCUT2D eigenvalue weighted by Gasteiger charge is -2.34. The number of amides is 4. The monoisotopic (exact) mass is 753 g/mol. The van der Waals surface area contributed by atoms with Gasteiger partial charge in [-0.15, -0.1) is 4.36 Å². The van der Waals surface area contributed by atoms with Gasteiger partial charge < -0.3 is 24.2 Å². The normalized spacial score (nSPS) is 28.0. The average Bonchev–Trinajstić information content (AvgIpc) is 3.56. The number of benzene rings is 2. The minimum Gasteiger partial charge on any atom is -0.491 e. The van der Waals surface area contributed by atoms with Gasteiger partial charge in [-0.25, -0.2) is 9.00 Å². The van der Waals surface area contributed by atoms with Gasteiger partial charge >= 0.3 is 6.03 Å². The molecule has 5 atom stereocenters. The van der Waals surface area contributed by atoms with E-state index in [9.17, 15) is 18.6 Å². The van der Waals surface area contributed by atoms with Gasteiger partial charge in [0, 0.05) is 63.9 Å². The maximum atomic E-state index is 14.6. The molecule has 0 aromatic heterocycles.